The van der Waals surface area contributed by atoms with Crippen molar-refractivity contribution in [1.82, 2.24) is 10.6 Å². The largest absolute Gasteiger partial charge is 0.383 e. The van der Waals surface area contributed by atoms with Crippen LogP contribution in [0.2, 0.25) is 5.02 Å². The molecule has 0 radical (unpaired) electrons. The van der Waals surface area contributed by atoms with Crippen LogP contribution in [0.4, 0.5) is 5.69 Å². The minimum absolute atomic E-state index is 0.127. The molecule has 0 heterocycles. The molecular weight excluding hydrogens is 398 g/mol. The molecule has 0 bridgehead atoms. The molecule has 146 valence electrons. The molecule has 2 aromatic rings. The lowest BCUT2D eigenvalue weighted by molar-refractivity contribution is -0.115. The fourth-order valence-corrected chi connectivity index (χ4v) is 2.51. The van der Waals surface area contributed by atoms with E-state index in [2.05, 4.69) is 16.0 Å². The number of amides is 2. The summed E-state index contributed by atoms with van der Waals surface area (Å²) in [5.74, 6) is -0.595. The van der Waals surface area contributed by atoms with E-state index in [1.54, 1.807) is 61.7 Å². The first-order valence-electron chi connectivity index (χ1n) is 8.41. The molecule has 28 heavy (non-hydrogen) atoms. The van der Waals surface area contributed by atoms with Crippen LogP contribution in [0.3, 0.4) is 0 Å². The van der Waals surface area contributed by atoms with Gasteiger partial charge in [0.2, 0.25) is 5.91 Å². The van der Waals surface area contributed by atoms with Gasteiger partial charge in [0.1, 0.15) is 0 Å². The summed E-state index contributed by atoms with van der Waals surface area (Å²) in [6, 6.07) is 13.9. The highest BCUT2D eigenvalue weighted by Crippen LogP contribution is 2.11. The third-order valence-corrected chi connectivity index (χ3v) is 3.96. The lowest BCUT2D eigenvalue weighted by atomic mass is 10.2. The zero-order chi connectivity index (χ0) is 20.4. The van der Waals surface area contributed by atoms with Crippen molar-refractivity contribution in [3.8, 4) is 0 Å². The van der Waals surface area contributed by atoms with Crippen molar-refractivity contribution in [2.24, 2.45) is 0 Å². The van der Waals surface area contributed by atoms with Crippen LogP contribution < -0.4 is 16.0 Å². The number of hydrogen-bond acceptors (Lipinski definition) is 4. The van der Waals surface area contributed by atoms with E-state index < -0.39 is 0 Å². The highest BCUT2D eigenvalue weighted by molar-refractivity contribution is 7.80. The van der Waals surface area contributed by atoms with Gasteiger partial charge in [0.15, 0.2) is 5.11 Å². The van der Waals surface area contributed by atoms with Crippen molar-refractivity contribution >= 4 is 52.5 Å². The average molecular weight is 418 g/mol. The summed E-state index contributed by atoms with van der Waals surface area (Å²) in [7, 11) is 1.57. The van der Waals surface area contributed by atoms with Gasteiger partial charge in [-0.1, -0.05) is 29.8 Å². The van der Waals surface area contributed by atoms with Crippen molar-refractivity contribution in [2.75, 3.05) is 25.6 Å². The van der Waals surface area contributed by atoms with E-state index in [0.29, 0.717) is 29.4 Å². The van der Waals surface area contributed by atoms with E-state index in [0.717, 1.165) is 5.56 Å². The van der Waals surface area contributed by atoms with Crippen molar-refractivity contribution in [1.29, 1.82) is 0 Å². The predicted octanol–water partition coefficient (Wildman–Crippen LogP) is 3.24. The van der Waals surface area contributed by atoms with Gasteiger partial charge in [0.05, 0.1) is 6.61 Å². The van der Waals surface area contributed by atoms with E-state index in [-0.39, 0.29) is 16.9 Å². The Morgan fingerprint density at radius 2 is 1.93 bits per heavy atom. The van der Waals surface area contributed by atoms with Gasteiger partial charge in [-0.05, 0) is 54.2 Å². The average Bonchev–Trinajstić information content (AvgIpc) is 2.67. The normalized spacial score (nSPS) is 10.5. The molecule has 0 aromatic heterocycles. The molecule has 2 rings (SSSR count). The van der Waals surface area contributed by atoms with Crippen LogP contribution in [0.25, 0.3) is 6.08 Å². The maximum Gasteiger partial charge on any atom is 0.251 e. The van der Waals surface area contributed by atoms with Crippen LogP contribution in [0.5, 0.6) is 0 Å². The second-order valence-corrected chi connectivity index (χ2v) is 6.50. The van der Waals surface area contributed by atoms with Crippen LogP contribution in [0.15, 0.2) is 54.6 Å². The highest BCUT2D eigenvalue weighted by Gasteiger charge is 2.07. The summed E-state index contributed by atoms with van der Waals surface area (Å²) in [6.07, 6.45) is 3.02. The van der Waals surface area contributed by atoms with Gasteiger partial charge in [-0.15, -0.1) is 0 Å². The third-order valence-electron chi connectivity index (χ3n) is 3.51. The molecule has 0 spiro atoms. The number of methoxy groups -OCH3 is 1. The Morgan fingerprint density at radius 3 is 2.64 bits per heavy atom. The Balaban J connectivity index is 1.88. The molecule has 2 aromatic carbocycles. The van der Waals surface area contributed by atoms with Gasteiger partial charge < -0.3 is 15.4 Å². The molecule has 0 unspecified atom stereocenters. The number of benzene rings is 2. The highest BCUT2D eigenvalue weighted by atomic mass is 35.5. The number of anilines is 1. The first-order valence-corrected chi connectivity index (χ1v) is 9.19. The number of ether oxygens (including phenoxy) is 1. The fourth-order valence-electron chi connectivity index (χ4n) is 2.17. The number of hydrogen-bond donors (Lipinski definition) is 3. The zero-order valence-electron chi connectivity index (χ0n) is 15.2. The van der Waals surface area contributed by atoms with Gasteiger partial charge in [-0.25, -0.2) is 0 Å². The Hall–Kier alpha value is -2.74. The Morgan fingerprint density at radius 1 is 1.18 bits per heavy atom. The standard InChI is InChI=1S/C20H20ClN3O3S/c1-27-12-11-22-19(26)15-3-2-4-17(13-15)23-20(28)24-18(25)10-7-14-5-8-16(21)9-6-14/h2-10,13H,11-12H2,1H3,(H,22,26)(H2,23,24,25,28)/b10-7+. The van der Waals surface area contributed by atoms with E-state index in [1.807, 2.05) is 0 Å². The summed E-state index contributed by atoms with van der Waals surface area (Å²) in [5.41, 5.74) is 1.90. The minimum atomic E-state index is -0.374. The smallest absolute Gasteiger partial charge is 0.251 e. The van der Waals surface area contributed by atoms with Crippen molar-refractivity contribution in [3.05, 3.63) is 70.8 Å². The van der Waals surface area contributed by atoms with Gasteiger partial charge in [0.25, 0.3) is 5.91 Å². The van der Waals surface area contributed by atoms with Gasteiger partial charge >= 0.3 is 0 Å². The molecule has 0 atom stereocenters. The maximum absolute atomic E-state index is 12.1. The van der Waals surface area contributed by atoms with Gasteiger partial charge in [-0.2, -0.15) is 0 Å². The van der Waals surface area contributed by atoms with Crippen LogP contribution in [0.1, 0.15) is 15.9 Å². The number of halogens is 1. The first-order chi connectivity index (χ1) is 13.5. The molecule has 0 saturated carbocycles. The SMILES string of the molecule is COCCNC(=O)c1cccc(NC(=S)NC(=O)/C=C/c2ccc(Cl)cc2)c1. The Kier molecular flexibility index (Phi) is 8.61. The van der Waals surface area contributed by atoms with Crippen LogP contribution in [-0.2, 0) is 9.53 Å². The first kappa shape index (κ1) is 21.6. The molecule has 0 aliphatic rings. The summed E-state index contributed by atoms with van der Waals surface area (Å²) in [6.45, 7) is 0.852. The monoisotopic (exact) mass is 417 g/mol. The molecule has 6 nitrogen and oxygen atoms in total. The molecule has 3 N–H and O–H groups in total. The number of nitrogens with one attached hydrogen (secondary N) is 3. The predicted molar refractivity (Wildman–Crippen MR) is 116 cm³/mol. The molecule has 2 amide bonds. The van der Waals surface area contributed by atoms with E-state index >= 15 is 0 Å². The molecule has 0 aliphatic carbocycles. The van der Waals surface area contributed by atoms with E-state index in [9.17, 15) is 9.59 Å². The fraction of sp³-hybridized carbons (Fsp3) is 0.150. The lowest BCUT2D eigenvalue weighted by Gasteiger charge is -2.10. The van der Waals surface area contributed by atoms with Gasteiger partial charge in [-0.3, -0.25) is 14.9 Å². The summed E-state index contributed by atoms with van der Waals surface area (Å²) in [5, 5.41) is 8.93. The second kappa shape index (κ2) is 11.2. The van der Waals surface area contributed by atoms with Gasteiger partial charge in [0, 0.05) is 36.0 Å². The Bertz CT molecular complexity index is 869. The number of carbonyl (C=O) groups is 2. The van der Waals surface area contributed by atoms with Crippen LogP contribution in [-0.4, -0.2) is 37.2 Å². The molecule has 8 heteroatoms. The molecule has 0 aliphatic heterocycles. The number of thiocarbonyl (C=S) groups is 1. The summed E-state index contributed by atoms with van der Waals surface area (Å²) in [4.78, 5) is 24.0. The quantitative estimate of drug-likeness (QED) is 0.366. The third kappa shape index (κ3) is 7.48. The maximum atomic E-state index is 12.1. The lowest BCUT2D eigenvalue weighted by Crippen LogP contribution is -2.33. The molecule has 0 saturated heterocycles. The van der Waals surface area contributed by atoms with Crippen LogP contribution in [0, 0.1) is 0 Å². The number of carbonyl (C=O) groups excluding carboxylic acids is 2. The number of rotatable bonds is 7. The van der Waals surface area contributed by atoms with Crippen molar-refractivity contribution in [3.63, 3.8) is 0 Å². The van der Waals surface area contributed by atoms with Crippen molar-refractivity contribution in [2.45, 2.75) is 0 Å². The minimum Gasteiger partial charge on any atom is -0.383 e. The molecule has 0 fully saturated rings. The van der Waals surface area contributed by atoms with Crippen molar-refractivity contribution < 1.29 is 14.3 Å². The Labute approximate surface area is 173 Å². The topological polar surface area (TPSA) is 79.5 Å². The second-order valence-electron chi connectivity index (χ2n) is 5.66. The van der Waals surface area contributed by atoms with E-state index in [1.165, 1.54) is 6.08 Å². The molecular formula is C20H20ClN3O3S. The zero-order valence-corrected chi connectivity index (χ0v) is 16.8. The summed E-state index contributed by atoms with van der Waals surface area (Å²) < 4.78 is 4.90. The van der Waals surface area contributed by atoms with Crippen LogP contribution >= 0.6 is 23.8 Å². The summed E-state index contributed by atoms with van der Waals surface area (Å²) >= 11 is 11.0. The van der Waals surface area contributed by atoms with E-state index in [4.69, 9.17) is 28.6 Å².